The second-order valence-corrected chi connectivity index (χ2v) is 5.97. The van der Waals surface area contributed by atoms with Crippen molar-refractivity contribution in [3.05, 3.63) is 40.1 Å². The minimum absolute atomic E-state index is 0.799. The Morgan fingerprint density at radius 3 is 2.71 bits per heavy atom. The number of aromatic nitrogens is 2. The first kappa shape index (κ1) is 15.9. The van der Waals surface area contributed by atoms with Crippen molar-refractivity contribution in [1.82, 2.24) is 9.78 Å². The molecule has 0 radical (unpaired) electrons. The molecule has 2 rings (SSSR count). The summed E-state index contributed by atoms with van der Waals surface area (Å²) in [6, 6.07) is 8.07. The van der Waals surface area contributed by atoms with Gasteiger partial charge in [0, 0.05) is 24.5 Å². The molecule has 0 spiro atoms. The number of aryl methyl sites for hydroxylation is 2. The molecule has 2 N–H and O–H groups in total. The fourth-order valence-electron chi connectivity index (χ4n) is 2.49. The summed E-state index contributed by atoms with van der Waals surface area (Å²) < 4.78 is 3.17. The van der Waals surface area contributed by atoms with Crippen LogP contribution in [0.3, 0.4) is 0 Å². The second kappa shape index (κ2) is 6.98. The summed E-state index contributed by atoms with van der Waals surface area (Å²) in [7, 11) is 0. The number of halogens is 1. The molecule has 1 aromatic heterocycles. The van der Waals surface area contributed by atoms with Gasteiger partial charge in [-0.15, -0.1) is 0 Å². The molecule has 114 valence electrons. The van der Waals surface area contributed by atoms with E-state index in [1.54, 1.807) is 0 Å². The third kappa shape index (κ3) is 3.59. The smallest absolute Gasteiger partial charge is 0.0739 e. The number of benzene rings is 1. The maximum atomic E-state index is 5.92. The molecule has 4 nitrogen and oxygen atoms in total. The highest BCUT2D eigenvalue weighted by molar-refractivity contribution is 9.10. The Bertz CT molecular complexity index is 606. The molecule has 0 aliphatic carbocycles. The van der Waals surface area contributed by atoms with Gasteiger partial charge in [0.05, 0.1) is 22.4 Å². The normalized spacial score (nSPS) is 10.9. The van der Waals surface area contributed by atoms with E-state index >= 15 is 0 Å². The largest absolute Gasteiger partial charge is 0.399 e. The van der Waals surface area contributed by atoms with E-state index in [1.807, 2.05) is 25.1 Å². The highest BCUT2D eigenvalue weighted by Gasteiger charge is 2.16. The molecular formula is C16H23BrN4. The van der Waals surface area contributed by atoms with Crippen LogP contribution in [0.15, 0.2) is 28.7 Å². The quantitative estimate of drug-likeness (QED) is 0.801. The molecule has 21 heavy (non-hydrogen) atoms. The van der Waals surface area contributed by atoms with Crippen molar-refractivity contribution in [3.63, 3.8) is 0 Å². The number of rotatable bonds is 6. The molecule has 0 amide bonds. The molecule has 0 fully saturated rings. The zero-order valence-corrected chi connectivity index (χ0v) is 14.5. The van der Waals surface area contributed by atoms with Gasteiger partial charge in [0.2, 0.25) is 0 Å². The van der Waals surface area contributed by atoms with Crippen LogP contribution in [0, 0.1) is 6.92 Å². The molecule has 5 heteroatoms. The van der Waals surface area contributed by atoms with Crippen molar-refractivity contribution < 1.29 is 0 Å². The first-order valence-corrected chi connectivity index (χ1v) is 8.18. The lowest BCUT2D eigenvalue weighted by Gasteiger charge is -2.25. The zero-order valence-electron chi connectivity index (χ0n) is 12.9. The lowest BCUT2D eigenvalue weighted by Crippen LogP contribution is -2.25. The zero-order chi connectivity index (χ0) is 15.4. The molecule has 0 atom stereocenters. The number of nitrogens with two attached hydrogens (primary N) is 1. The molecular weight excluding hydrogens is 328 g/mol. The summed E-state index contributed by atoms with van der Waals surface area (Å²) in [6.45, 7) is 9.03. The molecule has 2 aromatic rings. The van der Waals surface area contributed by atoms with Gasteiger partial charge in [0.1, 0.15) is 0 Å². The Kier molecular flexibility index (Phi) is 5.28. The van der Waals surface area contributed by atoms with Crippen LogP contribution in [0.2, 0.25) is 0 Å². The standard InChI is InChI=1S/C16H23BrN4/c1-4-9-20(14-8-6-7-13(18)10-14)11-15-16(17)12(3)19-21(15)5-2/h6-8,10H,4-5,9,11,18H2,1-3H3. The van der Waals surface area contributed by atoms with Crippen LogP contribution in [-0.2, 0) is 13.1 Å². The molecule has 0 bridgehead atoms. The maximum absolute atomic E-state index is 5.92. The minimum atomic E-state index is 0.799. The summed E-state index contributed by atoms with van der Waals surface area (Å²) in [5.74, 6) is 0. The highest BCUT2D eigenvalue weighted by atomic mass is 79.9. The number of anilines is 2. The summed E-state index contributed by atoms with van der Waals surface area (Å²) in [5, 5.41) is 4.57. The van der Waals surface area contributed by atoms with E-state index in [2.05, 4.69) is 50.5 Å². The Hall–Kier alpha value is -1.49. The van der Waals surface area contributed by atoms with Gasteiger partial charge in [-0.3, -0.25) is 4.68 Å². The predicted octanol–water partition coefficient (Wildman–Crippen LogP) is 3.97. The molecule has 0 saturated heterocycles. The molecule has 0 aliphatic rings. The third-order valence-corrected chi connectivity index (χ3v) is 4.55. The van der Waals surface area contributed by atoms with E-state index < -0.39 is 0 Å². The average molecular weight is 351 g/mol. The monoisotopic (exact) mass is 350 g/mol. The van der Waals surface area contributed by atoms with Crippen LogP contribution < -0.4 is 10.6 Å². The minimum Gasteiger partial charge on any atom is -0.399 e. The summed E-state index contributed by atoms with van der Waals surface area (Å²) >= 11 is 3.67. The van der Waals surface area contributed by atoms with Crippen molar-refractivity contribution in [3.8, 4) is 0 Å². The lowest BCUT2D eigenvalue weighted by atomic mass is 10.2. The molecule has 0 saturated carbocycles. The fraction of sp³-hybridized carbons (Fsp3) is 0.438. The molecule has 1 aromatic carbocycles. The predicted molar refractivity (Wildman–Crippen MR) is 92.5 cm³/mol. The SMILES string of the molecule is CCCN(Cc1c(Br)c(C)nn1CC)c1cccc(N)c1. The van der Waals surface area contributed by atoms with Gasteiger partial charge in [-0.25, -0.2) is 0 Å². The topological polar surface area (TPSA) is 47.1 Å². The van der Waals surface area contributed by atoms with Crippen molar-refractivity contribution >= 4 is 27.3 Å². The van der Waals surface area contributed by atoms with Crippen molar-refractivity contribution in [2.24, 2.45) is 0 Å². The van der Waals surface area contributed by atoms with Crippen LogP contribution in [0.5, 0.6) is 0 Å². The van der Waals surface area contributed by atoms with Crippen LogP contribution >= 0.6 is 15.9 Å². The van der Waals surface area contributed by atoms with E-state index in [4.69, 9.17) is 5.73 Å². The second-order valence-electron chi connectivity index (χ2n) is 5.18. The van der Waals surface area contributed by atoms with Crippen LogP contribution in [0.1, 0.15) is 31.7 Å². The van der Waals surface area contributed by atoms with Crippen LogP contribution in [-0.4, -0.2) is 16.3 Å². The average Bonchev–Trinajstić information content (AvgIpc) is 2.74. The Balaban J connectivity index is 2.32. The van der Waals surface area contributed by atoms with Gasteiger partial charge in [-0.05, 0) is 54.4 Å². The van der Waals surface area contributed by atoms with Crippen LogP contribution in [0.25, 0.3) is 0 Å². The Labute approximate surface area is 135 Å². The van der Waals surface area contributed by atoms with E-state index in [9.17, 15) is 0 Å². The van der Waals surface area contributed by atoms with Gasteiger partial charge < -0.3 is 10.6 Å². The van der Waals surface area contributed by atoms with E-state index in [1.165, 1.54) is 5.69 Å². The van der Waals surface area contributed by atoms with Gasteiger partial charge in [0.15, 0.2) is 0 Å². The molecule has 0 aliphatic heterocycles. The third-order valence-electron chi connectivity index (χ3n) is 3.52. The summed E-state index contributed by atoms with van der Waals surface area (Å²) in [5.41, 5.74) is 10.1. The lowest BCUT2D eigenvalue weighted by molar-refractivity contribution is 0.603. The maximum Gasteiger partial charge on any atom is 0.0739 e. The van der Waals surface area contributed by atoms with Gasteiger partial charge in [-0.1, -0.05) is 13.0 Å². The van der Waals surface area contributed by atoms with Gasteiger partial charge in [-0.2, -0.15) is 5.10 Å². The van der Waals surface area contributed by atoms with E-state index in [0.717, 1.165) is 47.6 Å². The summed E-state index contributed by atoms with van der Waals surface area (Å²) in [6.07, 6.45) is 1.09. The first-order chi connectivity index (χ1) is 10.1. The van der Waals surface area contributed by atoms with Gasteiger partial charge >= 0.3 is 0 Å². The molecule has 0 unspecified atom stereocenters. The van der Waals surface area contributed by atoms with Crippen LogP contribution in [0.4, 0.5) is 11.4 Å². The number of nitrogen functional groups attached to an aromatic ring is 1. The fourth-order valence-corrected chi connectivity index (χ4v) is 2.90. The van der Waals surface area contributed by atoms with Crippen molar-refractivity contribution in [1.29, 1.82) is 0 Å². The Morgan fingerprint density at radius 1 is 1.33 bits per heavy atom. The van der Waals surface area contributed by atoms with E-state index in [0.29, 0.717) is 0 Å². The van der Waals surface area contributed by atoms with Crippen molar-refractivity contribution in [2.75, 3.05) is 17.2 Å². The number of nitrogens with zero attached hydrogens (tertiary/aromatic N) is 3. The van der Waals surface area contributed by atoms with Crippen molar-refractivity contribution in [2.45, 2.75) is 40.3 Å². The number of hydrogen-bond donors (Lipinski definition) is 1. The van der Waals surface area contributed by atoms with E-state index in [-0.39, 0.29) is 0 Å². The number of hydrogen-bond acceptors (Lipinski definition) is 3. The summed E-state index contributed by atoms with van der Waals surface area (Å²) in [4.78, 5) is 2.35. The molecule has 1 heterocycles. The first-order valence-electron chi connectivity index (χ1n) is 7.39. The highest BCUT2D eigenvalue weighted by Crippen LogP contribution is 2.26. The van der Waals surface area contributed by atoms with Gasteiger partial charge in [0.25, 0.3) is 0 Å². The Morgan fingerprint density at radius 2 is 2.10 bits per heavy atom.